The highest BCUT2D eigenvalue weighted by atomic mass is 127. The fourth-order valence-electron chi connectivity index (χ4n) is 2.21. The number of aliphatic imine (C=N–C) groups is 1. The summed E-state index contributed by atoms with van der Waals surface area (Å²) in [5, 5.41) is 6.54. The number of rotatable bonds is 6. The Bertz CT molecular complexity index is 639. The third-order valence-corrected chi connectivity index (χ3v) is 4.22. The van der Waals surface area contributed by atoms with Crippen molar-refractivity contribution in [3.8, 4) is 0 Å². The Morgan fingerprint density at radius 1 is 1.33 bits per heavy atom. The van der Waals surface area contributed by atoms with Crippen molar-refractivity contribution in [1.82, 2.24) is 20.2 Å². The molecule has 1 N–H and O–H groups in total. The van der Waals surface area contributed by atoms with Crippen LogP contribution in [-0.4, -0.2) is 41.0 Å². The number of aryl methyl sites for hydroxylation is 2. The molecule has 0 unspecified atom stereocenters. The second-order valence-electron chi connectivity index (χ2n) is 5.51. The van der Waals surface area contributed by atoms with Crippen molar-refractivity contribution in [1.29, 1.82) is 0 Å². The largest absolute Gasteiger partial charge is 0.357 e. The molecule has 0 radical (unpaired) electrons. The molecule has 0 amide bonds. The van der Waals surface area contributed by atoms with Gasteiger partial charge in [0.05, 0.1) is 17.2 Å². The van der Waals surface area contributed by atoms with Crippen molar-refractivity contribution in [2.24, 2.45) is 4.99 Å². The Morgan fingerprint density at radius 2 is 2.12 bits per heavy atom. The van der Waals surface area contributed by atoms with Crippen molar-refractivity contribution < 1.29 is 0 Å². The second kappa shape index (κ2) is 10.6. The van der Waals surface area contributed by atoms with E-state index in [1.54, 1.807) is 11.3 Å². The van der Waals surface area contributed by atoms with Crippen LogP contribution < -0.4 is 5.32 Å². The van der Waals surface area contributed by atoms with Crippen molar-refractivity contribution in [3.05, 3.63) is 45.7 Å². The third kappa shape index (κ3) is 6.72. The van der Waals surface area contributed by atoms with Gasteiger partial charge in [0.25, 0.3) is 0 Å². The molecule has 24 heavy (non-hydrogen) atoms. The molecule has 0 saturated heterocycles. The lowest BCUT2D eigenvalue weighted by atomic mass is 10.2. The van der Waals surface area contributed by atoms with E-state index in [-0.39, 0.29) is 24.0 Å². The predicted octanol–water partition coefficient (Wildman–Crippen LogP) is 3.41. The van der Waals surface area contributed by atoms with Gasteiger partial charge in [-0.25, -0.2) is 4.98 Å². The first kappa shape index (κ1) is 20.8. The average Bonchev–Trinajstić information content (AvgIpc) is 2.93. The van der Waals surface area contributed by atoms with Gasteiger partial charge in [0.2, 0.25) is 0 Å². The van der Waals surface area contributed by atoms with Crippen LogP contribution in [0, 0.1) is 13.8 Å². The van der Waals surface area contributed by atoms with Crippen LogP contribution in [0.25, 0.3) is 0 Å². The molecule has 132 valence electrons. The molecule has 2 heterocycles. The molecule has 0 spiro atoms. The Kier molecular flexibility index (Phi) is 9.20. The molecule has 0 aromatic carbocycles. The van der Waals surface area contributed by atoms with Gasteiger partial charge in [-0.15, -0.1) is 35.3 Å². The van der Waals surface area contributed by atoms with Crippen LogP contribution in [0.3, 0.4) is 0 Å². The molecule has 5 nitrogen and oxygen atoms in total. The molecule has 0 saturated carbocycles. The number of aromatic nitrogens is 2. The molecule has 0 aliphatic rings. The quantitative estimate of drug-likeness (QED) is 0.409. The van der Waals surface area contributed by atoms with Crippen LogP contribution in [0.1, 0.15) is 28.9 Å². The van der Waals surface area contributed by atoms with Gasteiger partial charge in [0.1, 0.15) is 0 Å². The van der Waals surface area contributed by atoms with Crippen molar-refractivity contribution in [2.45, 2.75) is 33.7 Å². The maximum atomic E-state index is 4.71. The van der Waals surface area contributed by atoms with E-state index in [9.17, 15) is 0 Å². The second-order valence-corrected chi connectivity index (χ2v) is 6.57. The van der Waals surface area contributed by atoms with Crippen molar-refractivity contribution >= 4 is 41.3 Å². The lowest BCUT2D eigenvalue weighted by Gasteiger charge is -2.21. The fourth-order valence-corrected chi connectivity index (χ4v) is 2.81. The lowest BCUT2D eigenvalue weighted by molar-refractivity contribution is 0.471. The number of nitrogens with zero attached hydrogens (tertiary/aromatic N) is 4. The molecule has 7 heteroatoms. The average molecular weight is 459 g/mol. The molecule has 0 bridgehead atoms. The number of hydrogen-bond acceptors (Lipinski definition) is 4. The number of thiazole rings is 1. The van der Waals surface area contributed by atoms with Gasteiger partial charge >= 0.3 is 0 Å². The molecule has 2 aromatic heterocycles. The van der Waals surface area contributed by atoms with E-state index in [1.165, 1.54) is 5.56 Å². The minimum atomic E-state index is 0. The van der Waals surface area contributed by atoms with Gasteiger partial charge < -0.3 is 10.2 Å². The molecule has 2 aromatic rings. The van der Waals surface area contributed by atoms with Crippen molar-refractivity contribution in [3.63, 3.8) is 0 Å². The lowest BCUT2D eigenvalue weighted by Crippen LogP contribution is -2.38. The van der Waals surface area contributed by atoms with Gasteiger partial charge in [-0.05, 0) is 38.8 Å². The van der Waals surface area contributed by atoms with Crippen LogP contribution >= 0.6 is 35.3 Å². The molecule has 2 rings (SSSR count). The van der Waals surface area contributed by atoms with E-state index in [0.717, 1.165) is 48.4 Å². The van der Waals surface area contributed by atoms with E-state index in [1.807, 2.05) is 33.2 Å². The van der Waals surface area contributed by atoms with Gasteiger partial charge in [-0.1, -0.05) is 6.07 Å². The van der Waals surface area contributed by atoms with E-state index < -0.39 is 0 Å². The maximum absolute atomic E-state index is 4.71. The predicted molar refractivity (Wildman–Crippen MR) is 112 cm³/mol. The number of nitrogens with one attached hydrogen (secondary N) is 1. The van der Waals surface area contributed by atoms with Crippen LogP contribution in [-0.2, 0) is 13.0 Å². The van der Waals surface area contributed by atoms with Gasteiger partial charge in [-0.3, -0.25) is 9.98 Å². The van der Waals surface area contributed by atoms with Gasteiger partial charge in [0, 0.05) is 37.4 Å². The van der Waals surface area contributed by atoms with Crippen LogP contribution in [0.4, 0.5) is 0 Å². The van der Waals surface area contributed by atoms with Crippen LogP contribution in [0.5, 0.6) is 0 Å². The minimum Gasteiger partial charge on any atom is -0.357 e. The number of halogens is 1. The highest BCUT2D eigenvalue weighted by Gasteiger charge is 2.08. The monoisotopic (exact) mass is 459 g/mol. The zero-order chi connectivity index (χ0) is 16.7. The van der Waals surface area contributed by atoms with E-state index in [2.05, 4.69) is 38.6 Å². The topological polar surface area (TPSA) is 53.4 Å². The zero-order valence-electron chi connectivity index (χ0n) is 14.7. The summed E-state index contributed by atoms with van der Waals surface area (Å²) in [6.07, 6.45) is 2.82. The van der Waals surface area contributed by atoms with E-state index in [4.69, 9.17) is 4.99 Å². The Labute approximate surface area is 165 Å². The summed E-state index contributed by atoms with van der Waals surface area (Å²) in [6.45, 7) is 8.48. The summed E-state index contributed by atoms with van der Waals surface area (Å²) in [5.41, 5.74) is 3.35. The first-order chi connectivity index (χ1) is 11.1. The normalized spacial score (nSPS) is 11.1. The maximum Gasteiger partial charge on any atom is 0.194 e. The Morgan fingerprint density at radius 3 is 2.71 bits per heavy atom. The molecule has 0 aliphatic heterocycles. The molecule has 0 atom stereocenters. The van der Waals surface area contributed by atoms with E-state index in [0.29, 0.717) is 0 Å². The van der Waals surface area contributed by atoms with Crippen LogP contribution in [0.15, 0.2) is 28.7 Å². The number of hydrogen-bond donors (Lipinski definition) is 1. The highest BCUT2D eigenvalue weighted by molar-refractivity contribution is 14.0. The first-order valence-electron chi connectivity index (χ1n) is 7.90. The van der Waals surface area contributed by atoms with Crippen molar-refractivity contribution in [2.75, 3.05) is 20.1 Å². The molecule has 0 fully saturated rings. The molecular weight excluding hydrogens is 433 g/mol. The first-order valence-corrected chi connectivity index (χ1v) is 8.78. The van der Waals surface area contributed by atoms with E-state index >= 15 is 0 Å². The smallest absolute Gasteiger partial charge is 0.194 e. The fraction of sp³-hybridized carbons (Fsp3) is 0.471. The summed E-state index contributed by atoms with van der Waals surface area (Å²) in [7, 11) is 2.05. The minimum absolute atomic E-state index is 0. The summed E-state index contributed by atoms with van der Waals surface area (Å²) in [4.78, 5) is 15.7. The van der Waals surface area contributed by atoms with Crippen LogP contribution in [0.2, 0.25) is 0 Å². The number of pyridine rings is 1. The number of guanidine groups is 1. The summed E-state index contributed by atoms with van der Waals surface area (Å²) >= 11 is 1.68. The molecular formula is C17H26IN5S. The molecule has 0 aliphatic carbocycles. The summed E-state index contributed by atoms with van der Waals surface area (Å²) in [6, 6.07) is 4.16. The summed E-state index contributed by atoms with van der Waals surface area (Å²) < 4.78 is 0. The Hall–Kier alpha value is -1.22. The standard InChI is InChI=1S/C17H25N5S.HI/c1-5-18-17(22(4)11-16-12-23-14(3)21-16)19-9-8-15-7-6-13(2)20-10-15;/h6-7,10,12H,5,8-9,11H2,1-4H3,(H,18,19);1H. The Balaban J connectivity index is 0.00000288. The highest BCUT2D eigenvalue weighted by Crippen LogP contribution is 2.10. The third-order valence-electron chi connectivity index (χ3n) is 3.40. The summed E-state index contributed by atoms with van der Waals surface area (Å²) in [5.74, 6) is 0.915. The zero-order valence-corrected chi connectivity index (χ0v) is 17.9. The van der Waals surface area contributed by atoms with Gasteiger partial charge in [-0.2, -0.15) is 0 Å². The van der Waals surface area contributed by atoms with Gasteiger partial charge in [0.15, 0.2) is 5.96 Å². The SMILES string of the molecule is CCNC(=NCCc1ccc(C)nc1)N(C)Cc1csc(C)n1.I.